The van der Waals surface area contributed by atoms with Crippen molar-refractivity contribution in [2.24, 2.45) is 0 Å². The molecule has 4 aromatic rings. The molecule has 0 bridgehead atoms. The largest absolute Gasteiger partial charge is 0.467 e. The third-order valence-electron chi connectivity index (χ3n) is 4.54. The zero-order valence-corrected chi connectivity index (χ0v) is 16.5. The van der Waals surface area contributed by atoms with Gasteiger partial charge in [0.1, 0.15) is 22.7 Å². The Balaban J connectivity index is 1.60. The fourth-order valence-corrected chi connectivity index (χ4v) is 3.11. The molecule has 0 fully saturated rings. The zero-order chi connectivity index (χ0) is 21.1. The van der Waals surface area contributed by atoms with E-state index in [1.165, 1.54) is 12.1 Å². The van der Waals surface area contributed by atoms with E-state index < -0.39 is 0 Å². The van der Waals surface area contributed by atoms with Crippen LogP contribution < -0.4 is 10.1 Å². The van der Waals surface area contributed by atoms with Crippen LogP contribution in [0.3, 0.4) is 0 Å². The highest BCUT2D eigenvalue weighted by Gasteiger charge is 2.20. The molecule has 0 atom stereocenters. The standard InChI is InChI=1S/C22H19FN4O3/c1-3-14-6-4-5-7-17(14)26-18(28)12-29-21-19-20(15-8-10-16(23)11-9-15)27-30-22(19)25-13(2)24-21/h4-11H,3,12H2,1-2H3,(H,26,28). The normalized spacial score (nSPS) is 10.9. The van der Waals surface area contributed by atoms with Crippen LogP contribution in [0.1, 0.15) is 18.3 Å². The van der Waals surface area contributed by atoms with E-state index in [4.69, 9.17) is 9.26 Å². The summed E-state index contributed by atoms with van der Waals surface area (Å²) >= 11 is 0. The fraction of sp³-hybridized carbons (Fsp3) is 0.182. The molecule has 0 aliphatic heterocycles. The Labute approximate surface area is 171 Å². The van der Waals surface area contributed by atoms with E-state index in [-0.39, 0.29) is 29.9 Å². The smallest absolute Gasteiger partial charge is 0.265 e. The summed E-state index contributed by atoms with van der Waals surface area (Å²) in [5.41, 5.74) is 3.04. The molecule has 7 nitrogen and oxygen atoms in total. The molecule has 1 amide bonds. The number of hydrogen-bond donors (Lipinski definition) is 1. The van der Waals surface area contributed by atoms with Crippen molar-refractivity contribution in [3.05, 3.63) is 65.7 Å². The predicted molar refractivity (Wildman–Crippen MR) is 110 cm³/mol. The monoisotopic (exact) mass is 406 g/mol. The van der Waals surface area contributed by atoms with Gasteiger partial charge in [0.15, 0.2) is 6.61 Å². The van der Waals surface area contributed by atoms with E-state index in [1.807, 2.05) is 31.2 Å². The van der Waals surface area contributed by atoms with Gasteiger partial charge < -0.3 is 14.6 Å². The summed E-state index contributed by atoms with van der Waals surface area (Å²) in [6.07, 6.45) is 0.796. The lowest BCUT2D eigenvalue weighted by molar-refractivity contribution is -0.118. The minimum Gasteiger partial charge on any atom is -0.467 e. The molecule has 0 aliphatic rings. The van der Waals surface area contributed by atoms with Crippen molar-refractivity contribution in [2.75, 3.05) is 11.9 Å². The molecule has 0 unspecified atom stereocenters. The summed E-state index contributed by atoms with van der Waals surface area (Å²) in [5, 5.41) is 7.31. The lowest BCUT2D eigenvalue weighted by Gasteiger charge is -2.11. The van der Waals surface area contributed by atoms with Gasteiger partial charge in [-0.3, -0.25) is 4.79 Å². The van der Waals surface area contributed by atoms with Crippen molar-refractivity contribution in [2.45, 2.75) is 20.3 Å². The SMILES string of the molecule is CCc1ccccc1NC(=O)COc1nc(C)nc2onc(-c3ccc(F)cc3)c12. The number of carbonyl (C=O) groups excluding carboxylic acids is 1. The molecular weight excluding hydrogens is 387 g/mol. The Morgan fingerprint density at radius 2 is 1.90 bits per heavy atom. The van der Waals surface area contributed by atoms with Gasteiger partial charge in [-0.05, 0) is 49.2 Å². The van der Waals surface area contributed by atoms with Gasteiger partial charge in [0.25, 0.3) is 11.6 Å². The van der Waals surface area contributed by atoms with Crippen LogP contribution in [0.25, 0.3) is 22.4 Å². The number of nitrogens with one attached hydrogen (secondary N) is 1. The summed E-state index contributed by atoms with van der Waals surface area (Å²) in [6, 6.07) is 13.4. The number of carbonyl (C=O) groups is 1. The number of aromatic nitrogens is 3. The summed E-state index contributed by atoms with van der Waals surface area (Å²) in [7, 11) is 0. The molecule has 152 valence electrons. The number of benzene rings is 2. The summed E-state index contributed by atoms with van der Waals surface area (Å²) in [4.78, 5) is 21.0. The Hall–Kier alpha value is -3.81. The Morgan fingerprint density at radius 1 is 1.13 bits per heavy atom. The first-order valence-corrected chi connectivity index (χ1v) is 9.45. The molecule has 0 saturated carbocycles. The van der Waals surface area contributed by atoms with Gasteiger partial charge in [-0.2, -0.15) is 9.97 Å². The van der Waals surface area contributed by atoms with Crippen molar-refractivity contribution in [3.8, 4) is 17.1 Å². The molecule has 8 heteroatoms. The van der Waals surface area contributed by atoms with Gasteiger partial charge in [-0.25, -0.2) is 4.39 Å². The van der Waals surface area contributed by atoms with E-state index in [9.17, 15) is 9.18 Å². The highest BCUT2D eigenvalue weighted by molar-refractivity contribution is 5.95. The molecule has 0 aliphatic carbocycles. The van der Waals surface area contributed by atoms with Crippen LogP contribution in [0.5, 0.6) is 5.88 Å². The van der Waals surface area contributed by atoms with Crippen molar-refractivity contribution in [1.82, 2.24) is 15.1 Å². The van der Waals surface area contributed by atoms with Crippen molar-refractivity contribution >= 4 is 22.7 Å². The van der Waals surface area contributed by atoms with Crippen LogP contribution in [0.4, 0.5) is 10.1 Å². The second kappa shape index (κ2) is 8.28. The number of ether oxygens (including phenoxy) is 1. The van der Waals surface area contributed by atoms with Crippen LogP contribution in [0, 0.1) is 12.7 Å². The van der Waals surface area contributed by atoms with E-state index in [0.29, 0.717) is 22.5 Å². The maximum absolute atomic E-state index is 13.3. The molecule has 1 N–H and O–H groups in total. The molecule has 2 heterocycles. The fourth-order valence-electron chi connectivity index (χ4n) is 3.11. The quantitative estimate of drug-likeness (QED) is 0.513. The van der Waals surface area contributed by atoms with Gasteiger partial charge in [-0.1, -0.05) is 30.3 Å². The summed E-state index contributed by atoms with van der Waals surface area (Å²) in [6.45, 7) is 3.45. The third-order valence-corrected chi connectivity index (χ3v) is 4.54. The van der Waals surface area contributed by atoms with Crippen LogP contribution in [0.15, 0.2) is 53.1 Å². The number of amides is 1. The first-order chi connectivity index (χ1) is 14.5. The van der Waals surface area contributed by atoms with Gasteiger partial charge in [-0.15, -0.1) is 0 Å². The second-order valence-corrected chi connectivity index (χ2v) is 6.64. The van der Waals surface area contributed by atoms with Gasteiger partial charge in [0, 0.05) is 11.3 Å². The number of hydrogen-bond acceptors (Lipinski definition) is 6. The predicted octanol–water partition coefficient (Wildman–Crippen LogP) is 4.31. The summed E-state index contributed by atoms with van der Waals surface area (Å²) in [5.74, 6) is -0.0905. The first-order valence-electron chi connectivity index (χ1n) is 9.45. The average molecular weight is 406 g/mol. The molecule has 0 spiro atoms. The topological polar surface area (TPSA) is 90.1 Å². The van der Waals surface area contributed by atoms with Crippen molar-refractivity contribution in [3.63, 3.8) is 0 Å². The lowest BCUT2D eigenvalue weighted by Crippen LogP contribution is -2.21. The average Bonchev–Trinajstić information content (AvgIpc) is 3.17. The van der Waals surface area contributed by atoms with Crippen LogP contribution in [0.2, 0.25) is 0 Å². The molecule has 2 aromatic heterocycles. The van der Waals surface area contributed by atoms with Crippen LogP contribution in [-0.2, 0) is 11.2 Å². The van der Waals surface area contributed by atoms with Crippen molar-refractivity contribution in [1.29, 1.82) is 0 Å². The molecule has 4 rings (SSSR count). The molecular formula is C22H19FN4O3. The van der Waals surface area contributed by atoms with E-state index in [0.717, 1.165) is 17.7 Å². The van der Waals surface area contributed by atoms with E-state index in [2.05, 4.69) is 20.4 Å². The number of rotatable bonds is 6. The second-order valence-electron chi connectivity index (χ2n) is 6.64. The Bertz CT molecular complexity index is 1200. The lowest BCUT2D eigenvalue weighted by atomic mass is 10.1. The minimum atomic E-state index is -0.362. The summed E-state index contributed by atoms with van der Waals surface area (Å²) < 4.78 is 24.3. The maximum Gasteiger partial charge on any atom is 0.265 e. The van der Waals surface area contributed by atoms with Gasteiger partial charge in [0.2, 0.25) is 5.88 Å². The number of aryl methyl sites for hydroxylation is 2. The molecule has 2 aromatic carbocycles. The third kappa shape index (κ3) is 3.98. The van der Waals surface area contributed by atoms with Crippen LogP contribution >= 0.6 is 0 Å². The zero-order valence-electron chi connectivity index (χ0n) is 16.5. The highest BCUT2D eigenvalue weighted by atomic mass is 19.1. The van der Waals surface area contributed by atoms with Gasteiger partial charge >= 0.3 is 0 Å². The minimum absolute atomic E-state index is 0.178. The maximum atomic E-state index is 13.3. The van der Waals surface area contributed by atoms with Crippen molar-refractivity contribution < 1.29 is 18.4 Å². The number of anilines is 1. The number of fused-ring (bicyclic) bond motifs is 1. The number of nitrogens with zero attached hydrogens (tertiary/aromatic N) is 3. The highest BCUT2D eigenvalue weighted by Crippen LogP contribution is 2.33. The first kappa shape index (κ1) is 19.5. The van der Waals surface area contributed by atoms with E-state index >= 15 is 0 Å². The number of halogens is 1. The molecule has 0 saturated heterocycles. The molecule has 30 heavy (non-hydrogen) atoms. The van der Waals surface area contributed by atoms with Gasteiger partial charge in [0.05, 0.1) is 0 Å². The molecule has 0 radical (unpaired) electrons. The van der Waals surface area contributed by atoms with E-state index in [1.54, 1.807) is 19.1 Å². The Kier molecular flexibility index (Phi) is 5.38. The van der Waals surface area contributed by atoms with Crippen LogP contribution in [-0.4, -0.2) is 27.6 Å². The Morgan fingerprint density at radius 3 is 2.67 bits per heavy atom. The number of para-hydroxylation sites is 1.